The number of aromatic nitrogens is 2. The maximum absolute atomic E-state index is 4.35. The van der Waals surface area contributed by atoms with Crippen molar-refractivity contribution in [1.29, 1.82) is 0 Å². The van der Waals surface area contributed by atoms with Gasteiger partial charge < -0.3 is 10.2 Å². The van der Waals surface area contributed by atoms with E-state index in [2.05, 4.69) is 21.4 Å². The fourth-order valence-corrected chi connectivity index (χ4v) is 2.66. The molecular weight excluding hydrogens is 224 g/mol. The summed E-state index contributed by atoms with van der Waals surface area (Å²) in [6.07, 6.45) is 5.45. The molecule has 1 fully saturated rings. The number of hydrogen-bond acceptors (Lipinski definition) is 3. The molecule has 0 bridgehead atoms. The van der Waals surface area contributed by atoms with Crippen LogP contribution < -0.4 is 5.32 Å². The molecular formula is C14H26N4. The van der Waals surface area contributed by atoms with Gasteiger partial charge >= 0.3 is 0 Å². The number of aryl methyl sites for hydroxylation is 2. The van der Waals surface area contributed by atoms with Gasteiger partial charge in [0.05, 0.1) is 11.4 Å². The second kappa shape index (κ2) is 6.90. The van der Waals surface area contributed by atoms with Crippen molar-refractivity contribution in [3.63, 3.8) is 0 Å². The lowest BCUT2D eigenvalue weighted by Gasteiger charge is -2.26. The molecule has 0 aliphatic carbocycles. The molecule has 0 unspecified atom stereocenters. The Morgan fingerprint density at radius 1 is 1.28 bits per heavy atom. The first-order valence-electron chi connectivity index (χ1n) is 7.18. The van der Waals surface area contributed by atoms with Crippen LogP contribution in [-0.2, 0) is 13.6 Å². The van der Waals surface area contributed by atoms with Crippen molar-refractivity contribution in [1.82, 2.24) is 20.0 Å². The lowest BCUT2D eigenvalue weighted by atomic mass is 10.1. The third kappa shape index (κ3) is 4.10. The van der Waals surface area contributed by atoms with Crippen molar-refractivity contribution >= 4 is 0 Å². The van der Waals surface area contributed by atoms with Crippen molar-refractivity contribution in [2.75, 3.05) is 26.2 Å². The summed E-state index contributed by atoms with van der Waals surface area (Å²) < 4.78 is 1.97. The molecule has 1 aliphatic rings. The fraction of sp³-hybridized carbons (Fsp3) is 0.786. The molecule has 0 amide bonds. The van der Waals surface area contributed by atoms with Crippen LogP contribution >= 0.6 is 0 Å². The molecule has 0 saturated carbocycles. The zero-order valence-corrected chi connectivity index (χ0v) is 11.8. The molecule has 2 rings (SSSR count). The lowest BCUT2D eigenvalue weighted by molar-refractivity contribution is 0.225. The molecule has 0 atom stereocenters. The zero-order chi connectivity index (χ0) is 12.8. The van der Waals surface area contributed by atoms with Crippen molar-refractivity contribution in [3.05, 3.63) is 17.5 Å². The van der Waals surface area contributed by atoms with E-state index >= 15 is 0 Å². The Morgan fingerprint density at radius 3 is 2.72 bits per heavy atom. The smallest absolute Gasteiger partial charge is 0.0597 e. The largest absolute Gasteiger partial charge is 0.311 e. The average molecular weight is 250 g/mol. The molecule has 0 aromatic carbocycles. The summed E-state index contributed by atoms with van der Waals surface area (Å²) in [6.45, 7) is 7.93. The van der Waals surface area contributed by atoms with Crippen LogP contribution in [-0.4, -0.2) is 40.9 Å². The second-order valence-corrected chi connectivity index (χ2v) is 5.33. The minimum absolute atomic E-state index is 0.928. The quantitative estimate of drug-likeness (QED) is 0.780. The summed E-state index contributed by atoms with van der Waals surface area (Å²) in [5.41, 5.74) is 2.37. The molecule has 4 nitrogen and oxygen atoms in total. The van der Waals surface area contributed by atoms with E-state index < -0.39 is 0 Å². The number of nitrogens with zero attached hydrogens (tertiary/aromatic N) is 3. The molecule has 0 spiro atoms. The minimum atomic E-state index is 0.928. The highest BCUT2D eigenvalue weighted by Crippen LogP contribution is 2.08. The molecule has 4 heteroatoms. The van der Waals surface area contributed by atoms with Crippen LogP contribution in [0, 0.1) is 6.92 Å². The van der Waals surface area contributed by atoms with Gasteiger partial charge in [-0.25, -0.2) is 0 Å². The molecule has 1 aromatic heterocycles. The number of nitrogens with one attached hydrogen (secondary N) is 1. The Morgan fingerprint density at radius 2 is 2.06 bits per heavy atom. The van der Waals surface area contributed by atoms with Crippen LogP contribution in [0.5, 0.6) is 0 Å². The van der Waals surface area contributed by atoms with Crippen LogP contribution in [0.2, 0.25) is 0 Å². The normalized spacial score (nSPS) is 17.2. The first-order valence-corrected chi connectivity index (χ1v) is 7.18. The number of likely N-dealkylation sites (tertiary alicyclic amines) is 1. The highest BCUT2D eigenvalue weighted by Gasteiger charge is 2.08. The van der Waals surface area contributed by atoms with Gasteiger partial charge in [0.1, 0.15) is 0 Å². The summed E-state index contributed by atoms with van der Waals surface area (Å²) in [5.74, 6) is 0. The van der Waals surface area contributed by atoms with Gasteiger partial charge in [-0.05, 0) is 58.4 Å². The first-order chi connectivity index (χ1) is 8.75. The van der Waals surface area contributed by atoms with Gasteiger partial charge in [-0.3, -0.25) is 4.68 Å². The Hall–Kier alpha value is -0.870. The van der Waals surface area contributed by atoms with Crippen LogP contribution in [0.25, 0.3) is 0 Å². The molecule has 0 radical (unpaired) electrons. The van der Waals surface area contributed by atoms with Crippen molar-refractivity contribution < 1.29 is 0 Å². The van der Waals surface area contributed by atoms with Crippen LogP contribution in [0.15, 0.2) is 6.07 Å². The zero-order valence-electron chi connectivity index (χ0n) is 11.8. The van der Waals surface area contributed by atoms with Crippen molar-refractivity contribution in [3.8, 4) is 0 Å². The van der Waals surface area contributed by atoms with Crippen LogP contribution in [0.1, 0.15) is 37.1 Å². The van der Waals surface area contributed by atoms with E-state index in [0.29, 0.717) is 0 Å². The van der Waals surface area contributed by atoms with E-state index in [4.69, 9.17) is 0 Å². The van der Waals surface area contributed by atoms with Crippen LogP contribution in [0.4, 0.5) is 0 Å². The van der Waals surface area contributed by atoms with E-state index in [9.17, 15) is 0 Å². The van der Waals surface area contributed by atoms with E-state index in [1.807, 2.05) is 18.7 Å². The second-order valence-electron chi connectivity index (χ2n) is 5.33. The van der Waals surface area contributed by atoms with Gasteiger partial charge in [0, 0.05) is 13.6 Å². The van der Waals surface area contributed by atoms with E-state index in [1.54, 1.807) is 0 Å². The minimum Gasteiger partial charge on any atom is -0.311 e. The third-order valence-corrected chi connectivity index (χ3v) is 3.68. The average Bonchev–Trinajstić information content (AvgIpc) is 2.69. The van der Waals surface area contributed by atoms with Crippen molar-refractivity contribution in [2.45, 2.75) is 39.2 Å². The summed E-state index contributed by atoms with van der Waals surface area (Å²) in [6, 6.07) is 2.15. The number of piperidine rings is 1. The van der Waals surface area contributed by atoms with Gasteiger partial charge in [-0.15, -0.1) is 0 Å². The molecule has 1 aliphatic heterocycles. The molecule has 102 valence electrons. The van der Waals surface area contributed by atoms with Gasteiger partial charge in [-0.2, -0.15) is 5.10 Å². The highest BCUT2D eigenvalue weighted by molar-refractivity contribution is 5.08. The monoisotopic (exact) mass is 250 g/mol. The van der Waals surface area contributed by atoms with E-state index in [0.717, 1.165) is 18.8 Å². The van der Waals surface area contributed by atoms with Crippen molar-refractivity contribution in [2.24, 2.45) is 7.05 Å². The standard InChI is InChI=1S/C14H26N4/c1-13-11-14(17(2)16-13)12-15-7-6-10-18-8-4-3-5-9-18/h11,15H,3-10,12H2,1-2H3. The molecule has 2 heterocycles. The summed E-state index contributed by atoms with van der Waals surface area (Å²) >= 11 is 0. The Labute approximate surface area is 110 Å². The summed E-state index contributed by atoms with van der Waals surface area (Å²) in [5, 5.41) is 7.86. The highest BCUT2D eigenvalue weighted by atomic mass is 15.3. The van der Waals surface area contributed by atoms with Crippen LogP contribution in [0.3, 0.4) is 0 Å². The number of hydrogen-bond donors (Lipinski definition) is 1. The lowest BCUT2D eigenvalue weighted by Crippen LogP contribution is -2.32. The van der Waals surface area contributed by atoms with Gasteiger partial charge in [0.2, 0.25) is 0 Å². The van der Waals surface area contributed by atoms with Gasteiger partial charge in [0.15, 0.2) is 0 Å². The molecule has 1 saturated heterocycles. The maximum Gasteiger partial charge on any atom is 0.0597 e. The topological polar surface area (TPSA) is 33.1 Å². The summed E-state index contributed by atoms with van der Waals surface area (Å²) in [4.78, 5) is 2.60. The van der Waals surface area contributed by atoms with Gasteiger partial charge in [0.25, 0.3) is 0 Å². The molecule has 1 N–H and O–H groups in total. The van der Waals surface area contributed by atoms with Gasteiger partial charge in [-0.1, -0.05) is 6.42 Å². The first kappa shape index (κ1) is 13.6. The SMILES string of the molecule is Cc1cc(CNCCCN2CCCCC2)n(C)n1. The molecule has 18 heavy (non-hydrogen) atoms. The fourth-order valence-electron chi connectivity index (χ4n) is 2.66. The predicted molar refractivity (Wildman–Crippen MR) is 74.6 cm³/mol. The predicted octanol–water partition coefficient (Wildman–Crippen LogP) is 1.69. The Balaban J connectivity index is 1.57. The maximum atomic E-state index is 4.35. The Kier molecular flexibility index (Phi) is 5.20. The third-order valence-electron chi connectivity index (χ3n) is 3.68. The van der Waals surface area contributed by atoms with E-state index in [1.165, 1.54) is 51.0 Å². The molecule has 1 aromatic rings. The Bertz CT molecular complexity index is 353. The summed E-state index contributed by atoms with van der Waals surface area (Å²) in [7, 11) is 2.01. The number of rotatable bonds is 6. The van der Waals surface area contributed by atoms with E-state index in [-0.39, 0.29) is 0 Å².